The highest BCUT2D eigenvalue weighted by molar-refractivity contribution is 5.75. The first-order valence-corrected chi connectivity index (χ1v) is 7.77. The average molecular weight is 273 g/mol. The van der Waals surface area contributed by atoms with Gasteiger partial charge in [-0.05, 0) is 44.9 Å². The third kappa shape index (κ3) is 3.40. The van der Waals surface area contributed by atoms with Gasteiger partial charge in [-0.3, -0.25) is 0 Å². The molecule has 0 spiro atoms. The van der Waals surface area contributed by atoms with Gasteiger partial charge < -0.3 is 9.88 Å². The fourth-order valence-corrected chi connectivity index (χ4v) is 2.87. The monoisotopic (exact) mass is 273 g/mol. The Hall–Kier alpha value is -1.35. The molecule has 0 fully saturated rings. The molecule has 2 atom stereocenters. The third-order valence-corrected chi connectivity index (χ3v) is 3.96. The number of aromatic nitrogens is 2. The summed E-state index contributed by atoms with van der Waals surface area (Å²) in [6, 6.07) is 9.04. The molecule has 20 heavy (non-hydrogen) atoms. The largest absolute Gasteiger partial charge is 0.328 e. The molecule has 2 unspecified atom stereocenters. The van der Waals surface area contributed by atoms with E-state index < -0.39 is 0 Å². The maximum atomic E-state index is 4.85. The van der Waals surface area contributed by atoms with E-state index in [1.807, 2.05) is 7.05 Å². The molecule has 0 aliphatic rings. The van der Waals surface area contributed by atoms with Crippen molar-refractivity contribution in [3.05, 3.63) is 30.1 Å². The number of imidazole rings is 1. The molecule has 110 valence electrons. The van der Waals surface area contributed by atoms with Crippen molar-refractivity contribution in [3.8, 4) is 0 Å². The Morgan fingerprint density at radius 2 is 2.00 bits per heavy atom. The van der Waals surface area contributed by atoms with Gasteiger partial charge in [0, 0.05) is 19.0 Å². The molecule has 2 rings (SSSR count). The first-order valence-electron chi connectivity index (χ1n) is 7.77. The van der Waals surface area contributed by atoms with Gasteiger partial charge in [0.1, 0.15) is 5.82 Å². The minimum Gasteiger partial charge on any atom is -0.328 e. The van der Waals surface area contributed by atoms with Crippen LogP contribution in [0.2, 0.25) is 0 Å². The summed E-state index contributed by atoms with van der Waals surface area (Å²) < 4.78 is 2.40. The Bertz CT molecular complexity index is 544. The molecule has 1 N–H and O–H groups in total. The Morgan fingerprint density at radius 3 is 2.70 bits per heavy atom. The van der Waals surface area contributed by atoms with Crippen molar-refractivity contribution in [1.82, 2.24) is 14.9 Å². The van der Waals surface area contributed by atoms with Crippen molar-refractivity contribution >= 4 is 11.0 Å². The van der Waals surface area contributed by atoms with Crippen LogP contribution >= 0.6 is 0 Å². The van der Waals surface area contributed by atoms with Gasteiger partial charge in [0.05, 0.1) is 11.0 Å². The van der Waals surface area contributed by atoms with Crippen LogP contribution in [0.4, 0.5) is 0 Å². The van der Waals surface area contributed by atoms with E-state index in [9.17, 15) is 0 Å². The number of nitrogens with one attached hydrogen (secondary N) is 1. The van der Waals surface area contributed by atoms with Crippen molar-refractivity contribution in [3.63, 3.8) is 0 Å². The third-order valence-electron chi connectivity index (χ3n) is 3.96. The molecular weight excluding hydrogens is 246 g/mol. The SMILES string of the molecule is CCCn1c(CC(C)CC(C)NC)nc2ccccc21. The van der Waals surface area contributed by atoms with Crippen LogP contribution in [0.25, 0.3) is 11.0 Å². The highest BCUT2D eigenvalue weighted by atomic mass is 15.1. The standard InChI is InChI=1S/C17H27N3/c1-5-10-20-16-9-7-6-8-15(16)19-17(20)12-13(2)11-14(3)18-4/h6-9,13-14,18H,5,10-12H2,1-4H3. The van der Waals surface area contributed by atoms with Crippen molar-refractivity contribution in [2.24, 2.45) is 5.92 Å². The molecule has 1 heterocycles. The van der Waals surface area contributed by atoms with E-state index >= 15 is 0 Å². The van der Waals surface area contributed by atoms with E-state index in [-0.39, 0.29) is 0 Å². The predicted octanol–water partition coefficient (Wildman–Crippen LogP) is 3.62. The van der Waals surface area contributed by atoms with Gasteiger partial charge in [-0.1, -0.05) is 26.0 Å². The number of hydrogen-bond acceptors (Lipinski definition) is 2. The second-order valence-electron chi connectivity index (χ2n) is 5.90. The minimum atomic E-state index is 0.564. The van der Waals surface area contributed by atoms with Gasteiger partial charge in [-0.15, -0.1) is 0 Å². The van der Waals surface area contributed by atoms with Crippen LogP contribution in [-0.2, 0) is 13.0 Å². The Morgan fingerprint density at radius 1 is 1.25 bits per heavy atom. The lowest BCUT2D eigenvalue weighted by molar-refractivity contribution is 0.428. The highest BCUT2D eigenvalue weighted by Crippen LogP contribution is 2.20. The van der Waals surface area contributed by atoms with Crippen molar-refractivity contribution in [2.45, 2.75) is 52.6 Å². The molecule has 0 amide bonds. The summed E-state index contributed by atoms with van der Waals surface area (Å²) in [4.78, 5) is 4.85. The lowest BCUT2D eigenvalue weighted by atomic mass is 9.99. The maximum absolute atomic E-state index is 4.85. The lowest BCUT2D eigenvalue weighted by Crippen LogP contribution is -2.24. The molecule has 0 saturated heterocycles. The predicted molar refractivity (Wildman–Crippen MR) is 86.0 cm³/mol. The van der Waals surface area contributed by atoms with E-state index in [1.54, 1.807) is 0 Å². The number of hydrogen-bond donors (Lipinski definition) is 1. The molecule has 0 radical (unpaired) electrons. The van der Waals surface area contributed by atoms with Crippen LogP contribution in [0.5, 0.6) is 0 Å². The van der Waals surface area contributed by atoms with Gasteiger partial charge >= 0.3 is 0 Å². The number of para-hydroxylation sites is 2. The zero-order chi connectivity index (χ0) is 14.5. The van der Waals surface area contributed by atoms with Crippen LogP contribution in [-0.4, -0.2) is 22.6 Å². The Labute approximate surface area is 122 Å². The number of aryl methyl sites for hydroxylation is 1. The van der Waals surface area contributed by atoms with Gasteiger partial charge in [0.15, 0.2) is 0 Å². The van der Waals surface area contributed by atoms with E-state index in [2.05, 4.69) is 54.9 Å². The topological polar surface area (TPSA) is 29.9 Å². The average Bonchev–Trinajstić information content (AvgIpc) is 2.77. The first-order chi connectivity index (χ1) is 9.65. The first kappa shape index (κ1) is 15.0. The maximum Gasteiger partial charge on any atom is 0.110 e. The number of rotatable bonds is 7. The highest BCUT2D eigenvalue weighted by Gasteiger charge is 2.14. The Balaban J connectivity index is 2.22. The molecule has 0 aliphatic carbocycles. The van der Waals surface area contributed by atoms with Crippen LogP contribution < -0.4 is 5.32 Å². The van der Waals surface area contributed by atoms with Crippen LogP contribution in [0.15, 0.2) is 24.3 Å². The van der Waals surface area contributed by atoms with Crippen molar-refractivity contribution in [1.29, 1.82) is 0 Å². The van der Waals surface area contributed by atoms with Crippen LogP contribution in [0.3, 0.4) is 0 Å². The summed E-state index contributed by atoms with van der Waals surface area (Å²) in [5.41, 5.74) is 2.41. The van der Waals surface area contributed by atoms with Crippen LogP contribution in [0, 0.1) is 5.92 Å². The summed E-state index contributed by atoms with van der Waals surface area (Å²) in [5.74, 6) is 1.88. The molecule has 0 bridgehead atoms. The smallest absolute Gasteiger partial charge is 0.110 e. The fourth-order valence-electron chi connectivity index (χ4n) is 2.87. The number of nitrogens with zero attached hydrogens (tertiary/aromatic N) is 2. The normalized spacial score (nSPS) is 14.6. The van der Waals surface area contributed by atoms with Gasteiger partial charge in [-0.2, -0.15) is 0 Å². The van der Waals surface area contributed by atoms with E-state index in [4.69, 9.17) is 4.98 Å². The summed E-state index contributed by atoms with van der Waals surface area (Å²) in [7, 11) is 2.03. The second kappa shape index (κ2) is 6.89. The zero-order valence-electron chi connectivity index (χ0n) is 13.2. The van der Waals surface area contributed by atoms with Gasteiger partial charge in [-0.25, -0.2) is 4.98 Å². The molecule has 1 aromatic carbocycles. The summed E-state index contributed by atoms with van der Waals surface area (Å²) in [6.45, 7) is 7.85. The van der Waals surface area contributed by atoms with E-state index in [0.717, 1.165) is 24.9 Å². The van der Waals surface area contributed by atoms with Crippen molar-refractivity contribution in [2.75, 3.05) is 7.05 Å². The van der Waals surface area contributed by atoms with Gasteiger partial charge in [0.25, 0.3) is 0 Å². The lowest BCUT2D eigenvalue weighted by Gasteiger charge is -2.17. The molecule has 3 heteroatoms. The zero-order valence-corrected chi connectivity index (χ0v) is 13.2. The second-order valence-corrected chi connectivity index (χ2v) is 5.90. The summed E-state index contributed by atoms with van der Waals surface area (Å²) >= 11 is 0. The fraction of sp³-hybridized carbons (Fsp3) is 0.588. The minimum absolute atomic E-state index is 0.564. The molecule has 2 aromatic rings. The molecule has 0 aliphatic heterocycles. The Kier molecular flexibility index (Phi) is 5.18. The summed E-state index contributed by atoms with van der Waals surface area (Å²) in [6.07, 6.45) is 3.39. The summed E-state index contributed by atoms with van der Waals surface area (Å²) in [5, 5.41) is 3.32. The number of fused-ring (bicyclic) bond motifs is 1. The van der Waals surface area contributed by atoms with E-state index in [0.29, 0.717) is 12.0 Å². The van der Waals surface area contributed by atoms with Crippen molar-refractivity contribution < 1.29 is 0 Å². The van der Waals surface area contributed by atoms with Gasteiger partial charge in [0.2, 0.25) is 0 Å². The quantitative estimate of drug-likeness (QED) is 0.835. The van der Waals surface area contributed by atoms with Crippen LogP contribution in [0.1, 0.15) is 39.4 Å². The molecule has 1 aromatic heterocycles. The number of benzene rings is 1. The molecular formula is C17H27N3. The molecule has 0 saturated carbocycles. The molecule has 3 nitrogen and oxygen atoms in total. The van der Waals surface area contributed by atoms with E-state index in [1.165, 1.54) is 17.8 Å².